The predicted molar refractivity (Wildman–Crippen MR) is 76.1 cm³/mol. The Labute approximate surface area is 132 Å². The van der Waals surface area contributed by atoms with Crippen molar-refractivity contribution < 1.29 is 26.8 Å². The maximum absolute atomic E-state index is 12.2. The number of carbonyl (C=O) groups excluding carboxylic acids is 2. The van der Waals surface area contributed by atoms with Crippen molar-refractivity contribution in [3.8, 4) is 0 Å². The zero-order chi connectivity index (χ0) is 16.9. The number of nitrogens with zero attached hydrogens (tertiary/aromatic N) is 3. The summed E-state index contributed by atoms with van der Waals surface area (Å²) in [6.07, 6.45) is 1.37. The second-order valence-corrected chi connectivity index (χ2v) is 6.90. The van der Waals surface area contributed by atoms with Crippen molar-refractivity contribution in [1.29, 1.82) is 0 Å². The third-order valence-electron chi connectivity index (χ3n) is 4.24. The average Bonchev–Trinajstić information content (AvgIpc) is 3.14. The van der Waals surface area contributed by atoms with Gasteiger partial charge in [-0.15, -0.1) is 4.28 Å². The van der Waals surface area contributed by atoms with E-state index in [1.807, 2.05) is 0 Å². The topological polar surface area (TPSA) is 169 Å². The Bertz CT molecular complexity index is 678. The molecule has 3 rings (SSSR count). The number of aliphatic imine (C=N–C) groups is 1. The lowest BCUT2D eigenvalue weighted by molar-refractivity contribution is -0.119. The second kappa shape index (κ2) is 5.40. The third kappa shape index (κ3) is 3.15. The molecule has 0 spiro atoms. The van der Waals surface area contributed by atoms with Crippen LogP contribution in [0.1, 0.15) is 19.3 Å². The van der Waals surface area contributed by atoms with E-state index in [-0.39, 0.29) is 24.3 Å². The minimum Gasteiger partial charge on any atom is -0.385 e. The first-order chi connectivity index (χ1) is 10.7. The highest BCUT2D eigenvalue weighted by Gasteiger charge is 2.48. The second-order valence-electron chi connectivity index (χ2n) is 5.89. The zero-order valence-corrected chi connectivity index (χ0v) is 12.8. The van der Waals surface area contributed by atoms with Crippen molar-refractivity contribution in [1.82, 2.24) is 9.96 Å². The lowest BCUT2D eigenvalue weighted by Gasteiger charge is -2.29. The average molecular weight is 347 g/mol. The van der Waals surface area contributed by atoms with Crippen LogP contribution in [0.25, 0.3) is 0 Å². The Hall–Kier alpha value is -1.76. The summed E-state index contributed by atoms with van der Waals surface area (Å²) in [4.78, 5) is 29.1. The van der Waals surface area contributed by atoms with E-state index >= 15 is 0 Å². The Morgan fingerprint density at radius 1 is 1.39 bits per heavy atom. The summed E-state index contributed by atoms with van der Waals surface area (Å²) in [7, 11) is -4.80. The number of hydrogen-bond acceptors (Lipinski definition) is 6. The number of hydrogen-bond donors (Lipinski definition) is 3. The molecule has 0 aromatic heterocycles. The molecule has 0 radical (unpaired) electrons. The molecule has 5 N–H and O–H groups in total. The Morgan fingerprint density at radius 3 is 2.61 bits per heavy atom. The molecule has 23 heavy (non-hydrogen) atoms. The Morgan fingerprint density at radius 2 is 2.04 bits per heavy atom. The SMILES string of the molecule is NC(=NC(=O)C1CC1N)C1CCC2CN1C(=O)N2OS(=O)(=O)O. The fourth-order valence-electron chi connectivity index (χ4n) is 2.92. The van der Waals surface area contributed by atoms with Crippen LogP contribution in [0.2, 0.25) is 0 Å². The fraction of sp³-hybridized carbons (Fsp3) is 0.727. The Kier molecular flexibility index (Phi) is 3.78. The Balaban J connectivity index is 1.73. The number of urea groups is 1. The van der Waals surface area contributed by atoms with Crippen LogP contribution in [0, 0.1) is 5.92 Å². The zero-order valence-electron chi connectivity index (χ0n) is 12.0. The molecule has 2 saturated heterocycles. The van der Waals surface area contributed by atoms with E-state index in [1.165, 1.54) is 4.90 Å². The minimum absolute atomic E-state index is 0.00499. The van der Waals surface area contributed by atoms with Gasteiger partial charge in [0.2, 0.25) is 0 Å². The number of hydroxylamine groups is 2. The minimum atomic E-state index is -4.80. The van der Waals surface area contributed by atoms with Crippen LogP contribution in [0.3, 0.4) is 0 Å². The van der Waals surface area contributed by atoms with Gasteiger partial charge in [-0.2, -0.15) is 18.5 Å². The van der Waals surface area contributed by atoms with Crippen LogP contribution >= 0.6 is 0 Å². The molecule has 1 aliphatic carbocycles. The van der Waals surface area contributed by atoms with Crippen molar-refractivity contribution in [2.45, 2.75) is 37.4 Å². The van der Waals surface area contributed by atoms with Gasteiger partial charge in [-0.05, 0) is 19.3 Å². The summed E-state index contributed by atoms with van der Waals surface area (Å²) >= 11 is 0. The summed E-state index contributed by atoms with van der Waals surface area (Å²) < 4.78 is 34.7. The van der Waals surface area contributed by atoms with E-state index < -0.39 is 34.4 Å². The molecule has 0 aromatic rings. The highest BCUT2D eigenvalue weighted by Crippen LogP contribution is 2.32. The highest BCUT2D eigenvalue weighted by atomic mass is 32.3. The number of piperidine rings is 1. The first-order valence-corrected chi connectivity index (χ1v) is 8.44. The lowest BCUT2D eigenvalue weighted by Crippen LogP contribution is -2.48. The number of fused-ring (bicyclic) bond motifs is 2. The van der Waals surface area contributed by atoms with Crippen molar-refractivity contribution in [2.24, 2.45) is 22.4 Å². The van der Waals surface area contributed by atoms with Gasteiger partial charge in [0.25, 0.3) is 5.91 Å². The summed E-state index contributed by atoms with van der Waals surface area (Å²) in [6.45, 7) is 0.173. The van der Waals surface area contributed by atoms with Crippen LogP contribution in [0.4, 0.5) is 4.79 Å². The molecule has 2 bridgehead atoms. The van der Waals surface area contributed by atoms with Crippen LogP contribution in [0.5, 0.6) is 0 Å². The lowest BCUT2D eigenvalue weighted by atomic mass is 10.0. The van der Waals surface area contributed by atoms with Crippen LogP contribution in [-0.4, -0.2) is 65.4 Å². The first-order valence-electron chi connectivity index (χ1n) is 7.07. The third-order valence-corrected chi connectivity index (χ3v) is 4.58. The molecule has 11 nitrogen and oxygen atoms in total. The maximum atomic E-state index is 12.2. The molecular formula is C11H17N5O6S. The largest absolute Gasteiger partial charge is 0.418 e. The molecule has 4 unspecified atom stereocenters. The molecular weight excluding hydrogens is 330 g/mol. The standard InChI is InChI=1S/C11H17N5O6S/c12-7-3-6(7)10(17)14-9(13)8-2-1-5-4-15(8)11(18)16(5)22-23(19,20)21/h5-8H,1-4,12H2,(H2,13,14,17)(H,19,20,21). The van der Waals surface area contributed by atoms with Crippen LogP contribution in [-0.2, 0) is 19.5 Å². The number of amidine groups is 1. The monoisotopic (exact) mass is 347 g/mol. The molecule has 4 atom stereocenters. The van der Waals surface area contributed by atoms with Crippen LogP contribution in [0.15, 0.2) is 4.99 Å². The molecule has 3 fully saturated rings. The number of amides is 3. The van der Waals surface area contributed by atoms with Crippen molar-refractivity contribution in [3.05, 3.63) is 0 Å². The normalized spacial score (nSPS) is 34.0. The van der Waals surface area contributed by atoms with E-state index in [2.05, 4.69) is 9.28 Å². The first kappa shape index (κ1) is 16.1. The van der Waals surface area contributed by atoms with Gasteiger partial charge in [0.15, 0.2) is 0 Å². The van der Waals surface area contributed by atoms with Crippen molar-refractivity contribution >= 4 is 28.2 Å². The van der Waals surface area contributed by atoms with Crippen molar-refractivity contribution in [2.75, 3.05) is 6.54 Å². The van der Waals surface area contributed by atoms with E-state index in [0.717, 1.165) is 0 Å². The maximum Gasteiger partial charge on any atom is 0.418 e. The van der Waals surface area contributed by atoms with E-state index in [1.54, 1.807) is 0 Å². The number of rotatable bonds is 4. The number of nitrogens with two attached hydrogens (primary N) is 2. The van der Waals surface area contributed by atoms with E-state index in [0.29, 0.717) is 24.3 Å². The molecule has 1 saturated carbocycles. The summed E-state index contributed by atoms with van der Waals surface area (Å²) in [5.41, 5.74) is 11.4. The van der Waals surface area contributed by atoms with Gasteiger partial charge >= 0.3 is 16.4 Å². The quantitative estimate of drug-likeness (QED) is 0.304. The summed E-state index contributed by atoms with van der Waals surface area (Å²) in [6, 6.07) is -2.07. The molecule has 0 aromatic carbocycles. The van der Waals surface area contributed by atoms with E-state index in [9.17, 15) is 18.0 Å². The van der Waals surface area contributed by atoms with Gasteiger partial charge in [-0.1, -0.05) is 0 Å². The van der Waals surface area contributed by atoms with Gasteiger partial charge in [0.05, 0.1) is 18.0 Å². The molecule has 3 aliphatic rings. The molecule has 12 heteroatoms. The predicted octanol–water partition coefficient (Wildman–Crippen LogP) is -1.78. The molecule has 2 aliphatic heterocycles. The fourth-order valence-corrected chi connectivity index (χ4v) is 3.31. The van der Waals surface area contributed by atoms with Crippen LogP contribution < -0.4 is 11.5 Å². The molecule has 2 heterocycles. The molecule has 3 amide bonds. The van der Waals surface area contributed by atoms with Gasteiger partial charge in [0, 0.05) is 12.6 Å². The molecule has 128 valence electrons. The van der Waals surface area contributed by atoms with Gasteiger partial charge in [-0.25, -0.2) is 4.79 Å². The van der Waals surface area contributed by atoms with Gasteiger partial charge < -0.3 is 16.4 Å². The smallest absolute Gasteiger partial charge is 0.385 e. The van der Waals surface area contributed by atoms with Gasteiger partial charge in [-0.3, -0.25) is 9.35 Å². The highest BCUT2D eigenvalue weighted by molar-refractivity contribution is 7.80. The van der Waals surface area contributed by atoms with Crippen molar-refractivity contribution in [3.63, 3.8) is 0 Å². The number of carbonyl (C=O) groups is 2. The summed E-state index contributed by atoms with van der Waals surface area (Å²) in [5, 5.41) is 0.612. The van der Waals surface area contributed by atoms with E-state index in [4.69, 9.17) is 16.0 Å². The summed E-state index contributed by atoms with van der Waals surface area (Å²) in [5.74, 6) is -0.733. The van der Waals surface area contributed by atoms with Gasteiger partial charge in [0.1, 0.15) is 5.84 Å².